The van der Waals surface area contributed by atoms with Gasteiger partial charge < -0.3 is 0 Å². The van der Waals surface area contributed by atoms with E-state index >= 15 is 0 Å². The lowest BCUT2D eigenvalue weighted by molar-refractivity contribution is 1.39. The second-order valence-corrected chi connectivity index (χ2v) is 3.35. The highest BCUT2D eigenvalue weighted by molar-refractivity contribution is 5.95. The molecule has 3 rings (SSSR count). The number of hydrogen-bond acceptors (Lipinski definition) is 2. The molecule has 0 fully saturated rings. The van der Waals surface area contributed by atoms with Gasteiger partial charge in [-0.3, -0.25) is 4.98 Å². The van der Waals surface area contributed by atoms with Crippen molar-refractivity contribution in [3.05, 3.63) is 48.2 Å². The molecule has 0 atom stereocenters. The molecule has 0 bridgehead atoms. The Hall–Kier alpha value is -2.18. The van der Waals surface area contributed by atoms with E-state index in [4.69, 9.17) is 0 Å². The molecule has 0 spiro atoms. The van der Waals surface area contributed by atoms with Crippen molar-refractivity contribution >= 4 is 28.5 Å². The van der Waals surface area contributed by atoms with Gasteiger partial charge in [0, 0.05) is 17.1 Å². The molecule has 98 valence electrons. The maximum atomic E-state index is 4.35. The SMILES string of the molecule is C1=CC=Cc2ccc3cccnc3c2N=1.CC.CC. The summed E-state index contributed by atoms with van der Waals surface area (Å²) in [5.41, 5.74) is 2.92. The van der Waals surface area contributed by atoms with E-state index in [1.54, 1.807) is 12.3 Å². The molecule has 1 aromatic carbocycles. The van der Waals surface area contributed by atoms with Crippen molar-refractivity contribution in [3.8, 4) is 0 Å². The standard InChI is InChI=1S/C13H8N2.2C2H6/c1-2-8-14-12-10(4-1)6-7-11-5-3-9-15-13(11)12;2*1-2/h1-7,9H;2*1-2H3. The van der Waals surface area contributed by atoms with Crippen molar-refractivity contribution in [2.24, 2.45) is 4.99 Å². The van der Waals surface area contributed by atoms with Gasteiger partial charge in [-0.15, -0.1) is 0 Å². The quantitative estimate of drug-likeness (QED) is 0.634. The Morgan fingerprint density at radius 1 is 1.00 bits per heavy atom. The minimum absolute atomic E-state index is 0.901. The van der Waals surface area contributed by atoms with Crippen molar-refractivity contribution in [2.45, 2.75) is 27.7 Å². The molecule has 2 aromatic rings. The Morgan fingerprint density at radius 2 is 1.79 bits per heavy atom. The third kappa shape index (κ3) is 3.40. The minimum atomic E-state index is 0.901. The molecular formula is C17H20N2. The molecule has 0 saturated carbocycles. The Balaban J connectivity index is 0.000000415. The Kier molecular flexibility index (Phi) is 6.28. The molecule has 0 aliphatic carbocycles. The van der Waals surface area contributed by atoms with Gasteiger partial charge in [0.05, 0.1) is 5.52 Å². The van der Waals surface area contributed by atoms with E-state index in [0.717, 1.165) is 22.2 Å². The average Bonchev–Trinajstić information content (AvgIpc) is 2.77. The fraction of sp³-hybridized carbons (Fsp3) is 0.235. The molecule has 2 nitrogen and oxygen atoms in total. The molecule has 0 unspecified atom stereocenters. The van der Waals surface area contributed by atoms with Crippen molar-refractivity contribution < 1.29 is 0 Å². The van der Waals surface area contributed by atoms with Gasteiger partial charge in [-0.25, -0.2) is 4.99 Å². The van der Waals surface area contributed by atoms with Gasteiger partial charge in [0.2, 0.25) is 0 Å². The molecule has 2 heterocycles. The summed E-state index contributed by atoms with van der Waals surface area (Å²) in [7, 11) is 0. The first-order valence-corrected chi connectivity index (χ1v) is 6.79. The third-order valence-electron chi connectivity index (χ3n) is 2.40. The number of rotatable bonds is 0. The summed E-state index contributed by atoms with van der Waals surface area (Å²) in [6, 6.07) is 8.09. The number of aliphatic imine (C=N–C) groups is 1. The van der Waals surface area contributed by atoms with E-state index in [-0.39, 0.29) is 0 Å². The topological polar surface area (TPSA) is 25.2 Å². The van der Waals surface area contributed by atoms with Gasteiger partial charge in [-0.05, 0) is 18.0 Å². The van der Waals surface area contributed by atoms with Crippen LogP contribution >= 0.6 is 0 Å². The number of benzene rings is 1. The van der Waals surface area contributed by atoms with Gasteiger partial charge in [0.15, 0.2) is 0 Å². The zero-order valence-electron chi connectivity index (χ0n) is 12.0. The Bertz CT molecular complexity index is 618. The van der Waals surface area contributed by atoms with Gasteiger partial charge in [-0.2, -0.15) is 0 Å². The van der Waals surface area contributed by atoms with E-state index in [1.165, 1.54) is 0 Å². The Labute approximate surface area is 115 Å². The van der Waals surface area contributed by atoms with Crippen LogP contribution < -0.4 is 0 Å². The molecule has 19 heavy (non-hydrogen) atoms. The number of aromatic nitrogens is 1. The average molecular weight is 252 g/mol. The fourth-order valence-corrected chi connectivity index (χ4v) is 1.69. The zero-order chi connectivity index (χ0) is 14.1. The second-order valence-electron chi connectivity index (χ2n) is 3.35. The van der Waals surface area contributed by atoms with Crippen LogP contribution in [0.25, 0.3) is 17.0 Å². The smallest absolute Gasteiger partial charge is 0.106 e. The zero-order valence-corrected chi connectivity index (χ0v) is 12.0. The lowest BCUT2D eigenvalue weighted by Gasteiger charge is -2.03. The molecule has 2 heteroatoms. The predicted octanol–water partition coefficient (Wildman–Crippen LogP) is 5.17. The van der Waals surface area contributed by atoms with Crippen LogP contribution in [0.15, 0.2) is 47.6 Å². The van der Waals surface area contributed by atoms with Crippen molar-refractivity contribution in [1.82, 2.24) is 4.98 Å². The van der Waals surface area contributed by atoms with Gasteiger partial charge in [-0.1, -0.05) is 58.0 Å². The monoisotopic (exact) mass is 252 g/mol. The molecule has 0 N–H and O–H groups in total. The summed E-state index contributed by atoms with van der Waals surface area (Å²) in [6.07, 6.45) is 7.54. The van der Waals surface area contributed by atoms with Crippen LogP contribution in [0.3, 0.4) is 0 Å². The minimum Gasteiger partial charge on any atom is -0.254 e. The van der Waals surface area contributed by atoms with Gasteiger partial charge in [0.1, 0.15) is 5.69 Å². The normalized spacial score (nSPS) is 10.7. The van der Waals surface area contributed by atoms with E-state index in [0.29, 0.717) is 0 Å². The van der Waals surface area contributed by atoms with Crippen LogP contribution in [0, 0.1) is 0 Å². The second kappa shape index (κ2) is 8.02. The number of fused-ring (bicyclic) bond motifs is 3. The van der Waals surface area contributed by atoms with Crippen LogP contribution in [0.1, 0.15) is 33.3 Å². The molecule has 0 amide bonds. The van der Waals surface area contributed by atoms with Crippen molar-refractivity contribution in [1.29, 1.82) is 0 Å². The maximum Gasteiger partial charge on any atom is 0.106 e. The van der Waals surface area contributed by atoms with E-state index < -0.39 is 0 Å². The highest BCUT2D eigenvalue weighted by Crippen LogP contribution is 2.29. The van der Waals surface area contributed by atoms with Crippen LogP contribution in [-0.2, 0) is 0 Å². The first-order valence-electron chi connectivity index (χ1n) is 6.79. The van der Waals surface area contributed by atoms with Crippen LogP contribution in [0.4, 0.5) is 5.69 Å². The fourth-order valence-electron chi connectivity index (χ4n) is 1.69. The predicted molar refractivity (Wildman–Crippen MR) is 85.1 cm³/mol. The summed E-state index contributed by atoms with van der Waals surface area (Å²) >= 11 is 0. The van der Waals surface area contributed by atoms with Crippen molar-refractivity contribution in [2.75, 3.05) is 0 Å². The number of nitrogens with zero attached hydrogens (tertiary/aromatic N) is 2. The molecule has 1 aliphatic heterocycles. The van der Waals surface area contributed by atoms with Crippen molar-refractivity contribution in [3.63, 3.8) is 0 Å². The Morgan fingerprint density at radius 3 is 2.58 bits per heavy atom. The summed E-state index contributed by atoms with van der Waals surface area (Å²) in [4.78, 5) is 8.64. The summed E-state index contributed by atoms with van der Waals surface area (Å²) in [5.74, 6) is 2.87. The highest BCUT2D eigenvalue weighted by atomic mass is 14.8. The van der Waals surface area contributed by atoms with E-state index in [9.17, 15) is 0 Å². The van der Waals surface area contributed by atoms with Gasteiger partial charge >= 0.3 is 0 Å². The number of hydrogen-bond donors (Lipinski definition) is 0. The largest absolute Gasteiger partial charge is 0.254 e. The molecular weight excluding hydrogens is 232 g/mol. The third-order valence-corrected chi connectivity index (χ3v) is 2.40. The number of pyridine rings is 1. The van der Waals surface area contributed by atoms with E-state index in [1.807, 2.05) is 52.0 Å². The van der Waals surface area contributed by atoms with E-state index in [2.05, 4.69) is 28.0 Å². The van der Waals surface area contributed by atoms with Crippen LogP contribution in [-0.4, -0.2) is 10.9 Å². The molecule has 0 radical (unpaired) electrons. The lowest BCUT2D eigenvalue weighted by atomic mass is 10.1. The lowest BCUT2D eigenvalue weighted by Crippen LogP contribution is -1.81. The summed E-state index contributed by atoms with van der Waals surface area (Å²) < 4.78 is 0. The first kappa shape index (κ1) is 14.9. The summed E-state index contributed by atoms with van der Waals surface area (Å²) in [6.45, 7) is 8.00. The van der Waals surface area contributed by atoms with Crippen LogP contribution in [0.5, 0.6) is 0 Å². The first-order chi connectivity index (χ1) is 9.45. The summed E-state index contributed by atoms with van der Waals surface area (Å²) in [5, 5.41) is 1.11. The molecule has 1 aromatic heterocycles. The van der Waals surface area contributed by atoms with Crippen LogP contribution in [0.2, 0.25) is 0 Å². The molecule has 0 saturated heterocycles. The number of allylic oxidation sites excluding steroid dienone is 2. The maximum absolute atomic E-state index is 4.35. The highest BCUT2D eigenvalue weighted by Gasteiger charge is 2.05. The molecule has 1 aliphatic rings. The van der Waals surface area contributed by atoms with Gasteiger partial charge in [0.25, 0.3) is 0 Å².